The third-order valence-electron chi connectivity index (χ3n) is 4.30. The van der Waals surface area contributed by atoms with Crippen LogP contribution in [0.15, 0.2) is 30.7 Å². The van der Waals surface area contributed by atoms with Crippen LogP contribution < -0.4 is 10.6 Å². The van der Waals surface area contributed by atoms with E-state index in [1.165, 1.54) is 0 Å². The number of carboxylic acid groups (broad SMARTS) is 1. The highest BCUT2D eigenvalue weighted by Gasteiger charge is 2.33. The second-order valence-corrected chi connectivity index (χ2v) is 6.59. The molecule has 1 aliphatic rings. The lowest BCUT2D eigenvalue weighted by atomic mass is 10.0. The lowest BCUT2D eigenvalue weighted by molar-refractivity contribution is -0.139. The van der Waals surface area contributed by atoms with Crippen LogP contribution in [-0.2, 0) is 10.3 Å². The maximum atomic E-state index is 12.3. The highest BCUT2D eigenvalue weighted by Crippen LogP contribution is 2.23. The van der Waals surface area contributed by atoms with Crippen molar-refractivity contribution in [2.24, 2.45) is 0 Å². The molecule has 26 heavy (non-hydrogen) atoms. The number of carboxylic acids is 1. The molecule has 0 aliphatic carbocycles. The van der Waals surface area contributed by atoms with Gasteiger partial charge in [-0.2, -0.15) is 0 Å². The van der Waals surface area contributed by atoms with E-state index in [9.17, 15) is 9.59 Å². The number of aliphatic carboxylic acids is 1. The van der Waals surface area contributed by atoms with Crippen molar-refractivity contribution in [1.29, 1.82) is 0 Å². The zero-order valence-corrected chi connectivity index (χ0v) is 15.2. The Kier molecular flexibility index (Phi) is 5.94. The van der Waals surface area contributed by atoms with Crippen LogP contribution in [0.1, 0.15) is 42.4 Å². The Morgan fingerprint density at radius 1 is 1.35 bits per heavy atom. The molecule has 1 fully saturated rings. The molecule has 10 heteroatoms. The van der Waals surface area contributed by atoms with Gasteiger partial charge in [0.1, 0.15) is 11.7 Å². The average molecular weight is 381 g/mol. The number of amides is 1. The molecule has 2 aromatic heterocycles. The van der Waals surface area contributed by atoms with E-state index >= 15 is 0 Å². The zero-order valence-electron chi connectivity index (χ0n) is 14.4. The lowest BCUT2D eigenvalue weighted by Gasteiger charge is -2.23. The van der Waals surface area contributed by atoms with Gasteiger partial charge in [0.25, 0.3) is 5.91 Å². The molecular formula is C16H21ClN6O3. The van der Waals surface area contributed by atoms with E-state index in [2.05, 4.69) is 25.9 Å². The number of nitrogens with one attached hydrogen (secondary N) is 2. The van der Waals surface area contributed by atoms with E-state index in [0.29, 0.717) is 24.2 Å². The highest BCUT2D eigenvalue weighted by atomic mass is 35.5. The van der Waals surface area contributed by atoms with Crippen LogP contribution in [0.3, 0.4) is 0 Å². The largest absolute Gasteiger partial charge is 0.480 e. The van der Waals surface area contributed by atoms with Crippen molar-refractivity contribution in [3.05, 3.63) is 42.0 Å². The molecule has 3 heterocycles. The summed E-state index contributed by atoms with van der Waals surface area (Å²) in [6.45, 7) is 4.20. The second kappa shape index (κ2) is 7.79. The maximum Gasteiger partial charge on any atom is 0.320 e. The zero-order chi connectivity index (χ0) is 18.0. The number of nitrogens with zero attached hydrogens (tertiary/aromatic N) is 4. The van der Waals surface area contributed by atoms with Gasteiger partial charge in [-0.25, -0.2) is 4.68 Å². The summed E-state index contributed by atoms with van der Waals surface area (Å²) < 4.78 is 1.66. The SMILES string of the molecule is CC(C)(NC(=O)c1ccncc1)c1cn([C@@H]2CN[C@H](C(=O)O)C2)nn1.Cl. The third-order valence-corrected chi connectivity index (χ3v) is 4.30. The summed E-state index contributed by atoms with van der Waals surface area (Å²) >= 11 is 0. The first-order valence-electron chi connectivity index (χ1n) is 7.98. The van der Waals surface area contributed by atoms with Crippen LogP contribution in [0, 0.1) is 0 Å². The molecule has 0 bridgehead atoms. The monoisotopic (exact) mass is 380 g/mol. The van der Waals surface area contributed by atoms with Crippen molar-refractivity contribution in [3.8, 4) is 0 Å². The summed E-state index contributed by atoms with van der Waals surface area (Å²) in [5, 5.41) is 23.2. The van der Waals surface area contributed by atoms with E-state index < -0.39 is 17.6 Å². The van der Waals surface area contributed by atoms with Crippen LogP contribution in [0.4, 0.5) is 0 Å². The summed E-state index contributed by atoms with van der Waals surface area (Å²) in [7, 11) is 0. The molecule has 0 unspecified atom stereocenters. The Hall–Kier alpha value is -2.52. The van der Waals surface area contributed by atoms with Crippen molar-refractivity contribution >= 4 is 24.3 Å². The normalized spacial score (nSPS) is 19.6. The van der Waals surface area contributed by atoms with Crippen LogP contribution in [-0.4, -0.2) is 49.5 Å². The molecule has 3 rings (SSSR count). The van der Waals surface area contributed by atoms with Gasteiger partial charge in [0.15, 0.2) is 0 Å². The molecule has 0 radical (unpaired) electrons. The first kappa shape index (κ1) is 19.8. The van der Waals surface area contributed by atoms with Crippen LogP contribution in [0.25, 0.3) is 0 Å². The van der Waals surface area contributed by atoms with Crippen molar-refractivity contribution in [2.45, 2.75) is 37.9 Å². The van der Waals surface area contributed by atoms with Crippen molar-refractivity contribution in [2.75, 3.05) is 6.54 Å². The summed E-state index contributed by atoms with van der Waals surface area (Å²) in [5.74, 6) is -1.09. The topological polar surface area (TPSA) is 122 Å². The number of halogens is 1. The van der Waals surface area contributed by atoms with Crippen molar-refractivity contribution in [1.82, 2.24) is 30.6 Å². The fourth-order valence-electron chi connectivity index (χ4n) is 2.77. The van der Waals surface area contributed by atoms with E-state index in [0.717, 1.165) is 0 Å². The predicted molar refractivity (Wildman–Crippen MR) is 95.1 cm³/mol. The lowest BCUT2D eigenvalue weighted by Crippen LogP contribution is -2.41. The minimum absolute atomic E-state index is 0. The second-order valence-electron chi connectivity index (χ2n) is 6.59. The Labute approximate surface area is 156 Å². The van der Waals surface area contributed by atoms with E-state index in [1.54, 1.807) is 35.4 Å². The quantitative estimate of drug-likeness (QED) is 0.699. The van der Waals surface area contributed by atoms with Crippen LogP contribution >= 0.6 is 12.4 Å². The number of pyridine rings is 1. The fraction of sp³-hybridized carbons (Fsp3) is 0.438. The molecule has 2 atom stereocenters. The number of hydrogen-bond donors (Lipinski definition) is 3. The predicted octanol–water partition coefficient (Wildman–Crippen LogP) is 0.748. The van der Waals surface area contributed by atoms with Gasteiger partial charge < -0.3 is 15.7 Å². The molecule has 0 saturated carbocycles. The van der Waals surface area contributed by atoms with Gasteiger partial charge in [0.2, 0.25) is 0 Å². The fourth-order valence-corrected chi connectivity index (χ4v) is 2.77. The summed E-state index contributed by atoms with van der Waals surface area (Å²) in [6, 6.07) is 2.63. The number of carbonyl (C=O) groups is 2. The Morgan fingerprint density at radius 3 is 2.65 bits per heavy atom. The van der Waals surface area contributed by atoms with Gasteiger partial charge in [0.05, 0.1) is 17.8 Å². The molecule has 2 aromatic rings. The molecule has 1 saturated heterocycles. The highest BCUT2D eigenvalue weighted by molar-refractivity contribution is 5.94. The Morgan fingerprint density at radius 2 is 2.04 bits per heavy atom. The maximum absolute atomic E-state index is 12.3. The Bertz CT molecular complexity index is 779. The van der Waals surface area contributed by atoms with E-state index in [1.807, 2.05) is 13.8 Å². The Balaban J connectivity index is 0.00000243. The van der Waals surface area contributed by atoms with Gasteiger partial charge in [-0.3, -0.25) is 14.6 Å². The van der Waals surface area contributed by atoms with Gasteiger partial charge in [-0.1, -0.05) is 5.21 Å². The summed E-state index contributed by atoms with van der Waals surface area (Å²) in [6.07, 6.45) is 5.32. The average Bonchev–Trinajstić information content (AvgIpc) is 3.24. The third kappa shape index (κ3) is 4.17. The van der Waals surface area contributed by atoms with Crippen LogP contribution in [0.2, 0.25) is 0 Å². The molecular weight excluding hydrogens is 360 g/mol. The molecule has 0 spiro atoms. The molecule has 140 valence electrons. The smallest absolute Gasteiger partial charge is 0.320 e. The number of carbonyl (C=O) groups excluding carboxylic acids is 1. The molecule has 1 aliphatic heterocycles. The summed E-state index contributed by atoms with van der Waals surface area (Å²) in [5.41, 5.74) is 0.394. The molecule has 0 aromatic carbocycles. The molecule has 1 amide bonds. The standard InChI is InChI=1S/C16H20N6O3.ClH/c1-16(2,19-14(23)10-3-5-17-6-4-10)13-9-22(21-20-13)11-7-12(15(24)25)18-8-11;/h3-6,9,11-12,18H,7-8H2,1-2H3,(H,19,23)(H,24,25);1H/t11-,12-;/m0./s1. The first-order valence-corrected chi connectivity index (χ1v) is 7.98. The number of aromatic nitrogens is 4. The van der Waals surface area contributed by atoms with Gasteiger partial charge in [-0.15, -0.1) is 17.5 Å². The molecule has 9 nitrogen and oxygen atoms in total. The number of hydrogen-bond acceptors (Lipinski definition) is 6. The van der Waals surface area contributed by atoms with Gasteiger partial charge in [-0.05, 0) is 32.4 Å². The van der Waals surface area contributed by atoms with Crippen molar-refractivity contribution in [3.63, 3.8) is 0 Å². The van der Waals surface area contributed by atoms with E-state index in [-0.39, 0.29) is 24.4 Å². The van der Waals surface area contributed by atoms with E-state index in [4.69, 9.17) is 5.11 Å². The minimum Gasteiger partial charge on any atom is -0.480 e. The first-order chi connectivity index (χ1) is 11.9. The van der Waals surface area contributed by atoms with Gasteiger partial charge in [0, 0.05) is 24.5 Å². The number of rotatable bonds is 5. The van der Waals surface area contributed by atoms with Gasteiger partial charge >= 0.3 is 5.97 Å². The van der Waals surface area contributed by atoms with Crippen LogP contribution in [0.5, 0.6) is 0 Å². The minimum atomic E-state index is -0.868. The summed E-state index contributed by atoms with van der Waals surface area (Å²) in [4.78, 5) is 27.3. The molecule has 3 N–H and O–H groups in total. The van der Waals surface area contributed by atoms with Crippen molar-refractivity contribution < 1.29 is 14.7 Å².